The molecular weight excluding hydrogens is 290 g/mol. The van der Waals surface area contributed by atoms with Crippen LogP contribution in [0.15, 0.2) is 78.5 Å². The summed E-state index contributed by atoms with van der Waals surface area (Å²) in [6, 6.07) is 19.0. The van der Waals surface area contributed by atoms with E-state index in [1.54, 1.807) is 6.20 Å². The van der Waals surface area contributed by atoms with E-state index in [1.807, 2.05) is 26.0 Å². The SMILES string of the molecule is CC.CC/C=C(\C=C\N)C(=C/c1ccc(C)cc1)/c1ccccc1. The maximum atomic E-state index is 5.64. The zero-order valence-corrected chi connectivity index (χ0v) is 15.3. The van der Waals surface area contributed by atoms with Gasteiger partial charge in [0.25, 0.3) is 0 Å². The van der Waals surface area contributed by atoms with Crippen molar-refractivity contribution < 1.29 is 0 Å². The molecule has 0 aromatic heterocycles. The minimum atomic E-state index is 0.970. The van der Waals surface area contributed by atoms with Crippen molar-refractivity contribution in [1.82, 2.24) is 0 Å². The van der Waals surface area contributed by atoms with Crippen molar-refractivity contribution in [2.75, 3.05) is 0 Å². The van der Waals surface area contributed by atoms with Gasteiger partial charge in [-0.1, -0.05) is 87.0 Å². The normalized spacial score (nSPS) is 12.0. The quantitative estimate of drug-likeness (QED) is 0.503. The first-order chi connectivity index (χ1) is 11.7. The van der Waals surface area contributed by atoms with Gasteiger partial charge in [-0.15, -0.1) is 0 Å². The average molecular weight is 319 g/mol. The average Bonchev–Trinajstić information content (AvgIpc) is 2.63. The fourth-order valence-corrected chi connectivity index (χ4v) is 2.37. The van der Waals surface area contributed by atoms with Gasteiger partial charge in [0.2, 0.25) is 0 Å². The first-order valence-corrected chi connectivity index (χ1v) is 8.67. The van der Waals surface area contributed by atoms with Crippen LogP contribution in [0, 0.1) is 6.92 Å². The van der Waals surface area contributed by atoms with Crippen LogP contribution < -0.4 is 5.73 Å². The van der Waals surface area contributed by atoms with Gasteiger partial charge in [-0.3, -0.25) is 0 Å². The molecule has 0 heterocycles. The van der Waals surface area contributed by atoms with Gasteiger partial charge in [0.1, 0.15) is 0 Å². The zero-order valence-electron chi connectivity index (χ0n) is 15.3. The lowest BCUT2D eigenvalue weighted by Gasteiger charge is -2.10. The molecule has 1 nitrogen and oxygen atoms in total. The summed E-state index contributed by atoms with van der Waals surface area (Å²) in [5.41, 5.74) is 11.6. The van der Waals surface area contributed by atoms with Gasteiger partial charge in [-0.25, -0.2) is 0 Å². The second kappa shape index (κ2) is 11.1. The molecule has 126 valence electrons. The highest BCUT2D eigenvalue weighted by Gasteiger charge is 2.05. The van der Waals surface area contributed by atoms with Crippen molar-refractivity contribution in [2.24, 2.45) is 5.73 Å². The molecule has 0 aliphatic carbocycles. The van der Waals surface area contributed by atoms with Crippen LogP contribution in [-0.4, -0.2) is 0 Å². The smallest absolute Gasteiger partial charge is 0.00563 e. The minimum Gasteiger partial charge on any atom is -0.405 e. The third kappa shape index (κ3) is 5.92. The molecule has 2 aromatic rings. The third-order valence-electron chi connectivity index (χ3n) is 3.48. The molecule has 0 atom stereocenters. The topological polar surface area (TPSA) is 26.0 Å². The van der Waals surface area contributed by atoms with E-state index in [9.17, 15) is 0 Å². The van der Waals surface area contributed by atoms with Gasteiger partial charge in [0.15, 0.2) is 0 Å². The van der Waals surface area contributed by atoms with Gasteiger partial charge in [-0.2, -0.15) is 0 Å². The minimum absolute atomic E-state index is 0.970. The first-order valence-electron chi connectivity index (χ1n) is 8.67. The van der Waals surface area contributed by atoms with Crippen LogP contribution in [0.3, 0.4) is 0 Å². The number of nitrogens with two attached hydrogens (primary N) is 1. The Balaban J connectivity index is 0.00000139. The maximum absolute atomic E-state index is 5.64. The molecule has 2 aromatic carbocycles. The highest BCUT2D eigenvalue weighted by molar-refractivity contribution is 5.92. The van der Waals surface area contributed by atoms with Gasteiger partial charge >= 0.3 is 0 Å². The van der Waals surface area contributed by atoms with Gasteiger partial charge in [0, 0.05) is 0 Å². The van der Waals surface area contributed by atoms with Gasteiger partial charge in [0.05, 0.1) is 0 Å². The lowest BCUT2D eigenvalue weighted by atomic mass is 9.94. The molecule has 0 fully saturated rings. The van der Waals surface area contributed by atoms with E-state index in [-0.39, 0.29) is 0 Å². The second-order valence-corrected chi connectivity index (χ2v) is 5.26. The van der Waals surface area contributed by atoms with Crippen LogP contribution in [-0.2, 0) is 0 Å². The van der Waals surface area contributed by atoms with Crippen molar-refractivity contribution in [2.45, 2.75) is 34.1 Å². The molecule has 0 saturated heterocycles. The van der Waals surface area contributed by atoms with Crippen LogP contribution in [0.25, 0.3) is 11.6 Å². The van der Waals surface area contributed by atoms with Crippen LogP contribution >= 0.6 is 0 Å². The van der Waals surface area contributed by atoms with Crippen molar-refractivity contribution in [3.05, 3.63) is 95.2 Å². The molecule has 0 aliphatic heterocycles. The molecular formula is C23H29N. The molecule has 24 heavy (non-hydrogen) atoms. The summed E-state index contributed by atoms with van der Waals surface area (Å²) in [5, 5.41) is 0. The number of benzene rings is 2. The van der Waals surface area contributed by atoms with Crippen LogP contribution in [0.1, 0.15) is 43.9 Å². The number of hydrogen-bond donors (Lipinski definition) is 1. The van der Waals surface area contributed by atoms with Gasteiger partial charge in [-0.05, 0) is 54.0 Å². The first kappa shape index (κ1) is 19.5. The summed E-state index contributed by atoms with van der Waals surface area (Å²) in [6.45, 7) is 8.24. The van der Waals surface area contributed by atoms with Crippen molar-refractivity contribution in [3.8, 4) is 0 Å². The number of aryl methyl sites for hydroxylation is 1. The summed E-state index contributed by atoms with van der Waals surface area (Å²) >= 11 is 0. The molecule has 0 bridgehead atoms. The Morgan fingerprint density at radius 3 is 2.12 bits per heavy atom. The number of hydrogen-bond acceptors (Lipinski definition) is 1. The summed E-state index contributed by atoms with van der Waals surface area (Å²) < 4.78 is 0. The summed E-state index contributed by atoms with van der Waals surface area (Å²) in [7, 11) is 0. The van der Waals surface area contributed by atoms with Crippen molar-refractivity contribution in [1.29, 1.82) is 0 Å². The predicted octanol–water partition coefficient (Wildman–Crippen LogP) is 6.37. The fourth-order valence-electron chi connectivity index (χ4n) is 2.37. The molecule has 2 N–H and O–H groups in total. The van der Waals surface area contributed by atoms with Crippen molar-refractivity contribution in [3.63, 3.8) is 0 Å². The lowest BCUT2D eigenvalue weighted by molar-refractivity contribution is 1.21. The largest absolute Gasteiger partial charge is 0.405 e. The zero-order chi connectivity index (χ0) is 17.8. The second-order valence-electron chi connectivity index (χ2n) is 5.26. The van der Waals surface area contributed by atoms with Crippen LogP contribution in [0.4, 0.5) is 0 Å². The van der Waals surface area contributed by atoms with E-state index in [2.05, 4.69) is 74.5 Å². The highest BCUT2D eigenvalue weighted by Crippen LogP contribution is 2.27. The lowest BCUT2D eigenvalue weighted by Crippen LogP contribution is -1.90. The molecule has 1 heteroatoms. The van der Waals surface area contributed by atoms with E-state index >= 15 is 0 Å². The predicted molar refractivity (Wildman–Crippen MR) is 109 cm³/mol. The van der Waals surface area contributed by atoms with Gasteiger partial charge < -0.3 is 5.73 Å². The van der Waals surface area contributed by atoms with E-state index < -0.39 is 0 Å². The van der Waals surface area contributed by atoms with E-state index in [0.717, 1.165) is 12.0 Å². The Kier molecular flexibility index (Phi) is 8.99. The molecule has 0 radical (unpaired) electrons. The van der Waals surface area contributed by atoms with E-state index in [0.29, 0.717) is 0 Å². The standard InChI is InChI=1S/C21H23N.C2H6/c1-3-7-19(14-15-22)21(20-8-5-4-6-9-20)16-18-12-10-17(2)11-13-18;1-2/h4-16H,3,22H2,1-2H3;1-2H3/b15-14+,19-7+,21-16-;. The number of rotatable bonds is 5. The Hall–Kier alpha value is -2.54. The third-order valence-corrected chi connectivity index (χ3v) is 3.48. The molecule has 0 aliphatic rings. The van der Waals surface area contributed by atoms with E-state index in [4.69, 9.17) is 5.73 Å². The summed E-state index contributed by atoms with van der Waals surface area (Å²) in [4.78, 5) is 0. The highest BCUT2D eigenvalue weighted by atomic mass is 14.5. The Morgan fingerprint density at radius 2 is 1.58 bits per heavy atom. The maximum Gasteiger partial charge on any atom is -0.00563 e. The number of allylic oxidation sites excluding steroid dienone is 4. The molecule has 0 unspecified atom stereocenters. The Labute approximate surface area is 147 Å². The Morgan fingerprint density at radius 1 is 0.958 bits per heavy atom. The molecule has 2 rings (SSSR count). The molecule has 0 spiro atoms. The Bertz CT molecular complexity index is 674. The van der Waals surface area contributed by atoms with Crippen LogP contribution in [0.2, 0.25) is 0 Å². The summed E-state index contributed by atoms with van der Waals surface area (Å²) in [6.07, 6.45) is 8.97. The molecule has 0 amide bonds. The molecule has 0 saturated carbocycles. The fraction of sp³-hybridized carbons (Fsp3) is 0.217. The van der Waals surface area contributed by atoms with Crippen LogP contribution in [0.5, 0.6) is 0 Å². The van der Waals surface area contributed by atoms with E-state index in [1.165, 1.54) is 22.3 Å². The van der Waals surface area contributed by atoms with Crippen molar-refractivity contribution >= 4 is 11.6 Å². The monoisotopic (exact) mass is 319 g/mol. The summed E-state index contributed by atoms with van der Waals surface area (Å²) in [5.74, 6) is 0.